The highest BCUT2D eigenvalue weighted by Crippen LogP contribution is 2.57. The van der Waals surface area contributed by atoms with Crippen molar-refractivity contribution < 1.29 is 19.5 Å². The maximum absolute atomic E-state index is 13.8. The van der Waals surface area contributed by atoms with E-state index in [-0.39, 0.29) is 23.7 Å². The summed E-state index contributed by atoms with van der Waals surface area (Å²) in [5.41, 5.74) is 6.09. The lowest BCUT2D eigenvalue weighted by Gasteiger charge is -2.26. The molecule has 1 aromatic carbocycles. The SMILES string of the molecule is CC[C@@H]1CCc2c(sc(NC(=O)[C@@H]3[C@@H](C(=O)O)[C@H]4CC[C@@H]3C4=C(C)C)c2C(=O)NCc2ccc(C)cc2)C1. The number of hydrogen-bond acceptors (Lipinski definition) is 4. The van der Waals surface area contributed by atoms with Gasteiger partial charge >= 0.3 is 5.97 Å². The molecule has 38 heavy (non-hydrogen) atoms. The molecule has 0 radical (unpaired) electrons. The molecule has 202 valence electrons. The highest BCUT2D eigenvalue weighted by molar-refractivity contribution is 7.17. The van der Waals surface area contributed by atoms with Crippen LogP contribution in [-0.4, -0.2) is 22.9 Å². The zero-order chi connectivity index (χ0) is 27.1. The normalized spacial score (nSPS) is 25.7. The third-order valence-electron chi connectivity index (χ3n) is 8.99. The number of amides is 2. The first-order valence-corrected chi connectivity index (χ1v) is 14.7. The summed E-state index contributed by atoms with van der Waals surface area (Å²) in [6.45, 7) is 8.68. The van der Waals surface area contributed by atoms with E-state index in [0.29, 0.717) is 23.0 Å². The molecule has 6 nitrogen and oxygen atoms in total. The number of allylic oxidation sites excluding steroid dienone is 2. The largest absolute Gasteiger partial charge is 0.481 e. The fourth-order valence-electron chi connectivity index (χ4n) is 7.11. The Hall–Kier alpha value is -2.93. The first-order valence-electron chi connectivity index (χ1n) is 13.9. The van der Waals surface area contributed by atoms with Crippen LogP contribution in [0.5, 0.6) is 0 Å². The average Bonchev–Trinajstić information content (AvgIpc) is 3.57. The van der Waals surface area contributed by atoms with Gasteiger partial charge in [0, 0.05) is 11.4 Å². The van der Waals surface area contributed by atoms with Crippen LogP contribution in [0.25, 0.3) is 0 Å². The molecular weight excluding hydrogens is 496 g/mol. The standard InChI is InChI=1S/C31H38N2O4S/c1-5-18-10-11-20-23(14-18)38-30(27(20)28(34)32-15-19-8-6-17(4)7-9-19)33-29(35)25-21-12-13-22(24(21)16(2)3)26(25)31(36)37/h6-9,18,21-22,25-26H,5,10-15H2,1-4H3,(H,32,34)(H,33,35)(H,36,37)/t18-,21-,22+,25+,26+/m1/s1. The Morgan fingerprint density at radius 2 is 1.71 bits per heavy atom. The van der Waals surface area contributed by atoms with Gasteiger partial charge in [-0.3, -0.25) is 14.4 Å². The van der Waals surface area contributed by atoms with Crippen LogP contribution in [0.2, 0.25) is 0 Å². The summed E-state index contributed by atoms with van der Waals surface area (Å²) in [4.78, 5) is 40.8. The lowest BCUT2D eigenvalue weighted by atomic mass is 9.78. The van der Waals surface area contributed by atoms with Gasteiger partial charge in [0.2, 0.25) is 5.91 Å². The molecular formula is C31H38N2O4S. The summed E-state index contributed by atoms with van der Waals surface area (Å²) >= 11 is 1.50. The first-order chi connectivity index (χ1) is 18.2. The van der Waals surface area contributed by atoms with Crippen LogP contribution in [0.1, 0.15) is 78.4 Å². The van der Waals surface area contributed by atoms with E-state index in [1.54, 1.807) is 0 Å². The van der Waals surface area contributed by atoms with Crippen molar-refractivity contribution in [2.24, 2.45) is 29.6 Å². The molecule has 0 aliphatic heterocycles. The monoisotopic (exact) mass is 534 g/mol. The number of thiophene rings is 1. The molecule has 3 aliphatic rings. The Morgan fingerprint density at radius 1 is 1.03 bits per heavy atom. The number of carboxylic acids is 1. The van der Waals surface area contributed by atoms with Gasteiger partial charge in [0.15, 0.2) is 0 Å². The average molecular weight is 535 g/mol. The fourth-order valence-corrected chi connectivity index (χ4v) is 8.47. The minimum atomic E-state index is -0.900. The topological polar surface area (TPSA) is 95.5 Å². The van der Waals surface area contributed by atoms with Crippen LogP contribution >= 0.6 is 11.3 Å². The van der Waals surface area contributed by atoms with E-state index >= 15 is 0 Å². The summed E-state index contributed by atoms with van der Waals surface area (Å²) < 4.78 is 0. The molecule has 0 unspecified atom stereocenters. The number of carbonyl (C=O) groups excluding carboxylic acids is 2. The van der Waals surface area contributed by atoms with E-state index in [9.17, 15) is 19.5 Å². The van der Waals surface area contributed by atoms with Crippen LogP contribution < -0.4 is 10.6 Å². The summed E-state index contributed by atoms with van der Waals surface area (Å²) in [6, 6.07) is 8.07. The summed E-state index contributed by atoms with van der Waals surface area (Å²) in [7, 11) is 0. The van der Waals surface area contributed by atoms with E-state index in [4.69, 9.17) is 0 Å². The third-order valence-corrected chi connectivity index (χ3v) is 10.2. The number of nitrogens with one attached hydrogen (secondary N) is 2. The Kier molecular flexibility index (Phi) is 7.49. The predicted molar refractivity (Wildman–Crippen MR) is 150 cm³/mol. The van der Waals surface area contributed by atoms with E-state index in [1.807, 2.05) is 45.0 Å². The number of aryl methyl sites for hydroxylation is 1. The van der Waals surface area contributed by atoms with Crippen LogP contribution in [0.4, 0.5) is 5.00 Å². The second kappa shape index (κ2) is 10.7. The molecule has 2 fully saturated rings. The van der Waals surface area contributed by atoms with Crippen molar-refractivity contribution in [2.75, 3.05) is 5.32 Å². The molecule has 1 aromatic heterocycles. The number of carbonyl (C=O) groups is 3. The number of hydrogen-bond donors (Lipinski definition) is 3. The number of anilines is 1. The number of carboxylic acid groups (broad SMARTS) is 1. The first kappa shape index (κ1) is 26.7. The number of fused-ring (bicyclic) bond motifs is 3. The van der Waals surface area contributed by atoms with Gasteiger partial charge in [0.1, 0.15) is 5.00 Å². The van der Waals surface area contributed by atoms with E-state index in [1.165, 1.54) is 21.8 Å². The molecule has 2 bridgehead atoms. The molecule has 1 heterocycles. The highest BCUT2D eigenvalue weighted by atomic mass is 32.1. The van der Waals surface area contributed by atoms with Crippen LogP contribution in [0, 0.1) is 36.5 Å². The smallest absolute Gasteiger partial charge is 0.307 e. The zero-order valence-corrected chi connectivity index (χ0v) is 23.5. The minimum absolute atomic E-state index is 0.0380. The Balaban J connectivity index is 1.43. The van der Waals surface area contributed by atoms with Gasteiger partial charge in [-0.2, -0.15) is 0 Å². The molecule has 3 aliphatic carbocycles. The summed E-state index contributed by atoms with van der Waals surface area (Å²) in [5.74, 6) is -2.19. The van der Waals surface area contributed by atoms with Gasteiger partial charge < -0.3 is 15.7 Å². The number of rotatable bonds is 7. The summed E-state index contributed by atoms with van der Waals surface area (Å²) in [6.07, 6.45) is 5.52. The van der Waals surface area contributed by atoms with Crippen LogP contribution in [0.3, 0.4) is 0 Å². The fraction of sp³-hybridized carbons (Fsp3) is 0.516. The summed E-state index contributed by atoms with van der Waals surface area (Å²) in [5, 5.41) is 16.8. The molecule has 0 saturated heterocycles. The molecule has 5 rings (SSSR count). The lowest BCUT2D eigenvalue weighted by molar-refractivity contribution is -0.148. The van der Waals surface area contributed by atoms with Crippen molar-refractivity contribution in [3.8, 4) is 0 Å². The van der Waals surface area contributed by atoms with Crippen molar-refractivity contribution in [2.45, 2.75) is 72.8 Å². The van der Waals surface area contributed by atoms with Gasteiger partial charge in [-0.15, -0.1) is 11.3 Å². The maximum atomic E-state index is 13.8. The molecule has 2 aromatic rings. The van der Waals surface area contributed by atoms with Gasteiger partial charge in [0.05, 0.1) is 17.4 Å². The second-order valence-corrected chi connectivity index (χ2v) is 12.6. The van der Waals surface area contributed by atoms with Gasteiger partial charge in [0.25, 0.3) is 5.91 Å². The van der Waals surface area contributed by atoms with Gasteiger partial charge in [-0.05, 0) is 81.8 Å². The highest BCUT2D eigenvalue weighted by Gasteiger charge is 2.57. The van der Waals surface area contributed by atoms with Crippen LogP contribution in [0.15, 0.2) is 35.4 Å². The van der Waals surface area contributed by atoms with Crippen molar-refractivity contribution in [3.63, 3.8) is 0 Å². The minimum Gasteiger partial charge on any atom is -0.481 e. The number of benzene rings is 1. The molecule has 2 amide bonds. The zero-order valence-electron chi connectivity index (χ0n) is 22.7. The Labute approximate surface area is 228 Å². The number of aliphatic carboxylic acids is 1. The molecule has 0 spiro atoms. The van der Waals surface area contributed by atoms with Crippen molar-refractivity contribution in [1.29, 1.82) is 0 Å². The second-order valence-electron chi connectivity index (χ2n) is 11.5. The molecule has 3 N–H and O–H groups in total. The quantitative estimate of drug-likeness (QED) is 0.372. The van der Waals surface area contributed by atoms with Gasteiger partial charge in [-0.25, -0.2) is 0 Å². The van der Waals surface area contributed by atoms with Crippen molar-refractivity contribution >= 4 is 34.1 Å². The molecule has 5 atom stereocenters. The van der Waals surface area contributed by atoms with Crippen LogP contribution in [-0.2, 0) is 29.0 Å². The Bertz CT molecular complexity index is 1290. The van der Waals surface area contributed by atoms with Gasteiger partial charge in [-0.1, -0.05) is 54.3 Å². The van der Waals surface area contributed by atoms with E-state index in [0.717, 1.165) is 60.8 Å². The predicted octanol–water partition coefficient (Wildman–Crippen LogP) is 6.13. The maximum Gasteiger partial charge on any atom is 0.307 e. The van der Waals surface area contributed by atoms with Crippen molar-refractivity contribution in [3.05, 3.63) is 62.5 Å². The molecule has 7 heteroatoms. The Morgan fingerprint density at radius 3 is 2.34 bits per heavy atom. The van der Waals surface area contributed by atoms with E-state index in [2.05, 4.69) is 17.6 Å². The lowest BCUT2D eigenvalue weighted by Crippen LogP contribution is -2.38. The van der Waals surface area contributed by atoms with Crippen molar-refractivity contribution in [1.82, 2.24) is 5.32 Å². The third kappa shape index (κ3) is 4.81. The molecule has 2 saturated carbocycles. The van der Waals surface area contributed by atoms with E-state index < -0.39 is 17.8 Å².